The van der Waals surface area contributed by atoms with Gasteiger partial charge in [0.1, 0.15) is 28.8 Å². The molecule has 4 heterocycles. The number of likely N-dealkylation sites (tertiary alicyclic amines) is 1. The number of pyridine rings is 2. The van der Waals surface area contributed by atoms with E-state index >= 15 is 0 Å². The summed E-state index contributed by atoms with van der Waals surface area (Å²) in [5.41, 5.74) is 0.245. The molecule has 0 unspecified atom stereocenters. The SMILES string of the molecule is O=C(N1CCCC1)C(CC[NH+]1CCOCC1)(c1cccc(Cl)n1)c1cccc(Cl)n1.[Cl-]. The lowest BCUT2D eigenvalue weighted by Gasteiger charge is -2.36. The topological polar surface area (TPSA) is 59.8 Å². The second-order valence-corrected chi connectivity index (χ2v) is 8.73. The van der Waals surface area contributed by atoms with E-state index in [1.54, 1.807) is 12.1 Å². The molecule has 0 aromatic carbocycles. The van der Waals surface area contributed by atoms with E-state index in [9.17, 15) is 4.79 Å². The predicted molar refractivity (Wildman–Crippen MR) is 116 cm³/mol. The van der Waals surface area contributed by atoms with Crippen LogP contribution in [-0.4, -0.2) is 66.7 Å². The van der Waals surface area contributed by atoms with Gasteiger partial charge in [0.2, 0.25) is 5.91 Å². The third-order valence-electron chi connectivity index (χ3n) is 6.12. The van der Waals surface area contributed by atoms with Crippen molar-refractivity contribution in [3.63, 3.8) is 0 Å². The molecule has 1 amide bonds. The van der Waals surface area contributed by atoms with Crippen molar-refractivity contribution in [1.29, 1.82) is 0 Å². The first-order valence-corrected chi connectivity index (χ1v) is 11.3. The molecule has 0 bridgehead atoms. The maximum atomic E-state index is 14.1. The van der Waals surface area contributed by atoms with E-state index in [1.165, 1.54) is 4.90 Å². The fraction of sp³-hybridized carbons (Fsp3) is 0.500. The highest BCUT2D eigenvalue weighted by molar-refractivity contribution is 6.29. The van der Waals surface area contributed by atoms with E-state index in [-0.39, 0.29) is 18.3 Å². The second-order valence-electron chi connectivity index (χ2n) is 7.96. The summed E-state index contributed by atoms with van der Waals surface area (Å²) in [4.78, 5) is 26.7. The highest BCUT2D eigenvalue weighted by atomic mass is 35.5. The van der Waals surface area contributed by atoms with Crippen LogP contribution in [-0.2, 0) is 14.9 Å². The van der Waals surface area contributed by atoms with Crippen molar-refractivity contribution in [2.45, 2.75) is 24.7 Å². The minimum atomic E-state index is -1.02. The molecule has 0 aliphatic carbocycles. The van der Waals surface area contributed by atoms with Crippen molar-refractivity contribution in [1.82, 2.24) is 14.9 Å². The lowest BCUT2D eigenvalue weighted by molar-refractivity contribution is -0.908. The number of rotatable bonds is 6. The van der Waals surface area contributed by atoms with Crippen LogP contribution >= 0.6 is 23.2 Å². The highest BCUT2D eigenvalue weighted by Crippen LogP contribution is 2.37. The van der Waals surface area contributed by atoms with Crippen LogP contribution in [0.25, 0.3) is 0 Å². The Kier molecular flexibility index (Phi) is 8.53. The number of aromatic nitrogens is 2. The number of carbonyl (C=O) groups is 1. The smallest absolute Gasteiger partial charge is 0.241 e. The molecule has 2 aliphatic rings. The second kappa shape index (κ2) is 10.9. The number of quaternary nitrogens is 1. The largest absolute Gasteiger partial charge is 1.00 e. The van der Waals surface area contributed by atoms with E-state index in [1.807, 2.05) is 29.2 Å². The molecular weight excluding hydrogens is 459 g/mol. The van der Waals surface area contributed by atoms with Crippen molar-refractivity contribution in [3.8, 4) is 0 Å². The maximum Gasteiger partial charge on any atom is 0.241 e. The van der Waals surface area contributed by atoms with Crippen LogP contribution in [0.4, 0.5) is 0 Å². The number of morpholine rings is 1. The number of carbonyl (C=O) groups excluding carboxylic acids is 1. The summed E-state index contributed by atoms with van der Waals surface area (Å²) >= 11 is 12.6. The van der Waals surface area contributed by atoms with E-state index in [4.69, 9.17) is 27.9 Å². The molecule has 9 heteroatoms. The molecule has 4 rings (SSSR count). The average molecular weight is 486 g/mol. The molecule has 2 fully saturated rings. The maximum absolute atomic E-state index is 14.1. The number of amides is 1. The molecule has 0 radical (unpaired) electrons. The van der Waals surface area contributed by atoms with Gasteiger partial charge < -0.3 is 26.9 Å². The molecule has 2 aliphatic heterocycles. The molecule has 1 N–H and O–H groups in total. The molecule has 2 aromatic heterocycles. The Labute approximate surface area is 199 Å². The van der Waals surface area contributed by atoms with Crippen LogP contribution < -0.4 is 17.3 Å². The third-order valence-corrected chi connectivity index (χ3v) is 6.54. The van der Waals surface area contributed by atoms with Gasteiger partial charge in [0.05, 0.1) is 31.1 Å². The Morgan fingerprint density at radius 1 is 1.00 bits per heavy atom. The van der Waals surface area contributed by atoms with Crippen LogP contribution in [0.5, 0.6) is 0 Å². The van der Waals surface area contributed by atoms with Gasteiger partial charge in [-0.15, -0.1) is 0 Å². The van der Waals surface area contributed by atoms with Gasteiger partial charge in [0.15, 0.2) is 0 Å². The van der Waals surface area contributed by atoms with Gasteiger partial charge in [-0.25, -0.2) is 9.97 Å². The van der Waals surface area contributed by atoms with Gasteiger partial charge in [0, 0.05) is 19.5 Å². The molecule has 0 spiro atoms. The first-order valence-electron chi connectivity index (χ1n) is 10.6. The highest BCUT2D eigenvalue weighted by Gasteiger charge is 2.48. The van der Waals surface area contributed by atoms with E-state index in [0.29, 0.717) is 28.1 Å². The molecule has 2 saturated heterocycles. The third kappa shape index (κ3) is 5.32. The van der Waals surface area contributed by atoms with Gasteiger partial charge in [0.25, 0.3) is 0 Å². The summed E-state index contributed by atoms with van der Waals surface area (Å²) in [5.74, 6) is 0.0391. The van der Waals surface area contributed by atoms with Crippen LogP contribution in [0.2, 0.25) is 10.3 Å². The number of hydrogen-bond acceptors (Lipinski definition) is 4. The Balaban J connectivity index is 0.00000272. The summed E-state index contributed by atoms with van der Waals surface area (Å²) in [7, 11) is 0. The monoisotopic (exact) mass is 484 g/mol. The van der Waals surface area contributed by atoms with Crippen molar-refractivity contribution in [3.05, 3.63) is 58.1 Å². The molecule has 31 heavy (non-hydrogen) atoms. The van der Waals surface area contributed by atoms with Crippen molar-refractivity contribution < 1.29 is 26.8 Å². The number of halogens is 3. The zero-order chi connectivity index (χ0) is 21.0. The first kappa shape index (κ1) is 24.2. The Bertz CT molecular complexity index is 841. The molecule has 2 aromatic rings. The fourth-order valence-corrected chi connectivity index (χ4v) is 4.80. The molecule has 168 valence electrons. The first-order chi connectivity index (χ1) is 14.6. The average Bonchev–Trinajstić information content (AvgIpc) is 3.30. The number of nitrogens with one attached hydrogen (secondary N) is 1. The standard InChI is InChI=1S/C22H26Cl2N4O2.ClH/c23-19-7-3-5-17(25-19)22(18-6-4-8-20(24)26-18,21(29)28-10-1-2-11-28)9-12-27-13-15-30-16-14-27;/h3-8H,1-2,9-16H2;1H. The normalized spacial score (nSPS) is 17.4. The summed E-state index contributed by atoms with van der Waals surface area (Å²) in [5, 5.41) is 0.735. The Morgan fingerprint density at radius 3 is 2.06 bits per heavy atom. The molecule has 6 nitrogen and oxygen atoms in total. The summed E-state index contributed by atoms with van der Waals surface area (Å²) in [6.07, 6.45) is 2.61. The van der Waals surface area contributed by atoms with Crippen LogP contribution in [0, 0.1) is 0 Å². The lowest BCUT2D eigenvalue weighted by atomic mass is 9.75. The fourth-order valence-electron chi connectivity index (χ4n) is 4.47. The summed E-state index contributed by atoms with van der Waals surface area (Å²) in [6, 6.07) is 10.9. The van der Waals surface area contributed by atoms with Crippen molar-refractivity contribution >= 4 is 29.1 Å². The van der Waals surface area contributed by atoms with Crippen molar-refractivity contribution in [2.75, 3.05) is 45.9 Å². The van der Waals surface area contributed by atoms with Crippen LogP contribution in [0.3, 0.4) is 0 Å². The van der Waals surface area contributed by atoms with Gasteiger partial charge in [-0.05, 0) is 37.1 Å². The molecule has 0 saturated carbocycles. The number of hydrogen-bond donors (Lipinski definition) is 1. The molecule has 0 atom stereocenters. The predicted octanol–water partition coefficient (Wildman–Crippen LogP) is -0.999. The van der Waals surface area contributed by atoms with Gasteiger partial charge in [-0.2, -0.15) is 0 Å². The zero-order valence-electron chi connectivity index (χ0n) is 17.3. The van der Waals surface area contributed by atoms with E-state index < -0.39 is 5.41 Å². The number of nitrogens with zero attached hydrogens (tertiary/aromatic N) is 3. The zero-order valence-corrected chi connectivity index (χ0v) is 19.6. The van der Waals surface area contributed by atoms with Gasteiger partial charge >= 0.3 is 0 Å². The number of ether oxygens (including phenoxy) is 1. The summed E-state index contributed by atoms with van der Waals surface area (Å²) in [6.45, 7) is 5.67. The van der Waals surface area contributed by atoms with Gasteiger partial charge in [-0.1, -0.05) is 35.3 Å². The van der Waals surface area contributed by atoms with Crippen LogP contribution in [0.1, 0.15) is 30.7 Å². The van der Waals surface area contributed by atoms with E-state index in [0.717, 1.165) is 58.8 Å². The van der Waals surface area contributed by atoms with Crippen molar-refractivity contribution in [2.24, 2.45) is 0 Å². The Hall–Kier alpha value is -1.44. The quantitative estimate of drug-likeness (QED) is 0.534. The van der Waals surface area contributed by atoms with Crippen LogP contribution in [0.15, 0.2) is 36.4 Å². The minimum Gasteiger partial charge on any atom is -1.00 e. The Morgan fingerprint density at radius 2 is 1.55 bits per heavy atom. The lowest BCUT2D eigenvalue weighted by Crippen LogP contribution is -3.14. The van der Waals surface area contributed by atoms with E-state index in [2.05, 4.69) is 9.97 Å². The van der Waals surface area contributed by atoms with Gasteiger partial charge in [-0.3, -0.25) is 4.79 Å². The minimum absolute atomic E-state index is 0. The summed E-state index contributed by atoms with van der Waals surface area (Å²) < 4.78 is 5.51. The molecular formula is C22H27Cl3N4O2.